The number of benzene rings is 1. The van der Waals surface area contributed by atoms with Gasteiger partial charge in [-0.2, -0.15) is 0 Å². The van der Waals surface area contributed by atoms with Gasteiger partial charge >= 0.3 is 11.9 Å². The molecule has 1 aliphatic carbocycles. The fourth-order valence-corrected chi connectivity index (χ4v) is 5.46. The molecule has 6 heteroatoms. The van der Waals surface area contributed by atoms with Crippen LogP contribution >= 0.6 is 0 Å². The van der Waals surface area contributed by atoms with Crippen molar-refractivity contribution < 1.29 is 19.4 Å². The number of methoxy groups -OCH3 is 1. The zero-order valence-electron chi connectivity index (χ0n) is 18.4. The lowest BCUT2D eigenvalue weighted by Crippen LogP contribution is -2.11. The van der Waals surface area contributed by atoms with E-state index in [4.69, 9.17) is 4.74 Å². The number of aromatic nitrogens is 2. The molecular weight excluding hydrogens is 404 g/mol. The van der Waals surface area contributed by atoms with Gasteiger partial charge in [-0.15, -0.1) is 0 Å². The molecule has 0 radical (unpaired) electrons. The standard InChI is InChI=1S/C26H26N2O4/c1-15-18-10-11-27-13-20(18)24-23(16-6-4-3-5-7-16)19-9-8-17(26(31)32-2)12-22(19)28(24)14-21(15)25(29)30/h8-13,16H,3-7,14H2,1-2H3,(H,29,30). The minimum absolute atomic E-state index is 0.235. The van der Waals surface area contributed by atoms with E-state index in [1.807, 2.05) is 37.4 Å². The molecule has 1 aliphatic heterocycles. The van der Waals surface area contributed by atoms with E-state index >= 15 is 0 Å². The lowest BCUT2D eigenvalue weighted by Gasteiger charge is -2.23. The van der Waals surface area contributed by atoms with E-state index in [9.17, 15) is 14.7 Å². The summed E-state index contributed by atoms with van der Waals surface area (Å²) in [6, 6.07) is 7.56. The molecule has 0 unspecified atom stereocenters. The predicted octanol–water partition coefficient (Wildman–Crippen LogP) is 5.41. The number of fused-ring (bicyclic) bond motifs is 5. The number of aliphatic carboxylic acids is 1. The molecule has 1 aromatic carbocycles. The molecule has 0 bridgehead atoms. The number of hydrogen-bond donors (Lipinski definition) is 1. The number of allylic oxidation sites excluding steroid dienone is 1. The number of pyridine rings is 1. The van der Waals surface area contributed by atoms with E-state index in [-0.39, 0.29) is 6.54 Å². The Hall–Kier alpha value is -3.41. The van der Waals surface area contributed by atoms with Gasteiger partial charge in [-0.3, -0.25) is 4.98 Å². The third kappa shape index (κ3) is 3.13. The maximum atomic E-state index is 12.3. The summed E-state index contributed by atoms with van der Waals surface area (Å²) in [7, 11) is 1.37. The highest BCUT2D eigenvalue weighted by Gasteiger charge is 2.31. The molecule has 0 atom stereocenters. The quantitative estimate of drug-likeness (QED) is 0.562. The summed E-state index contributed by atoms with van der Waals surface area (Å²) < 4.78 is 7.02. The molecule has 32 heavy (non-hydrogen) atoms. The van der Waals surface area contributed by atoms with Gasteiger partial charge < -0.3 is 14.4 Å². The van der Waals surface area contributed by atoms with E-state index in [1.165, 1.54) is 31.9 Å². The van der Waals surface area contributed by atoms with Gasteiger partial charge in [0.05, 0.1) is 30.5 Å². The minimum Gasteiger partial charge on any atom is -0.478 e. The normalized spacial score (nSPS) is 16.4. The Labute approximate surface area is 186 Å². The highest BCUT2D eigenvalue weighted by Crippen LogP contribution is 2.47. The number of nitrogens with zero attached hydrogens (tertiary/aromatic N) is 2. The number of ether oxygens (including phenoxy) is 1. The third-order valence-electron chi connectivity index (χ3n) is 7.05. The second-order valence-electron chi connectivity index (χ2n) is 8.74. The summed E-state index contributed by atoms with van der Waals surface area (Å²) in [6.45, 7) is 2.11. The first-order valence-corrected chi connectivity index (χ1v) is 11.1. The third-order valence-corrected chi connectivity index (χ3v) is 7.05. The van der Waals surface area contributed by atoms with Crippen LogP contribution in [0.5, 0.6) is 0 Å². The van der Waals surface area contributed by atoms with Crippen molar-refractivity contribution in [3.05, 3.63) is 58.9 Å². The molecular formula is C26H26N2O4. The molecule has 2 aromatic heterocycles. The molecule has 0 spiro atoms. The Balaban J connectivity index is 1.88. The van der Waals surface area contributed by atoms with Gasteiger partial charge in [-0.05, 0) is 60.6 Å². The SMILES string of the molecule is COC(=O)c1ccc2c(C3CCCCC3)c3n(c2c1)CC(C(=O)O)=C(C)c1ccncc1-3. The topological polar surface area (TPSA) is 81.4 Å². The van der Waals surface area contributed by atoms with Crippen molar-refractivity contribution in [2.75, 3.05) is 7.11 Å². The summed E-state index contributed by atoms with van der Waals surface area (Å²) in [5.41, 5.74) is 6.59. The molecule has 164 valence electrons. The molecule has 5 rings (SSSR count). The van der Waals surface area contributed by atoms with E-state index in [0.717, 1.165) is 46.1 Å². The van der Waals surface area contributed by atoms with Crippen LogP contribution in [-0.2, 0) is 16.1 Å². The van der Waals surface area contributed by atoms with Gasteiger partial charge in [0.1, 0.15) is 0 Å². The van der Waals surface area contributed by atoms with Crippen LogP contribution in [0.3, 0.4) is 0 Å². The van der Waals surface area contributed by atoms with Gasteiger partial charge in [0.15, 0.2) is 0 Å². The monoisotopic (exact) mass is 430 g/mol. The number of rotatable bonds is 3. The van der Waals surface area contributed by atoms with Crippen LogP contribution in [-0.4, -0.2) is 33.7 Å². The summed E-state index contributed by atoms with van der Waals surface area (Å²) in [5.74, 6) is -0.933. The Morgan fingerprint density at radius 1 is 1.12 bits per heavy atom. The largest absolute Gasteiger partial charge is 0.478 e. The number of carbonyl (C=O) groups is 2. The van der Waals surface area contributed by atoms with Gasteiger partial charge in [0, 0.05) is 28.9 Å². The van der Waals surface area contributed by atoms with Crippen molar-refractivity contribution in [2.45, 2.75) is 51.5 Å². The predicted molar refractivity (Wildman–Crippen MR) is 123 cm³/mol. The van der Waals surface area contributed by atoms with Crippen molar-refractivity contribution in [2.24, 2.45) is 0 Å². The lowest BCUT2D eigenvalue weighted by atomic mass is 9.81. The van der Waals surface area contributed by atoms with Crippen LogP contribution in [0.2, 0.25) is 0 Å². The number of esters is 1. The number of carboxylic acid groups (broad SMARTS) is 1. The molecule has 6 nitrogen and oxygen atoms in total. The average Bonchev–Trinajstić information content (AvgIpc) is 3.08. The van der Waals surface area contributed by atoms with E-state index in [0.29, 0.717) is 17.1 Å². The molecule has 1 N–H and O–H groups in total. The minimum atomic E-state index is -0.927. The van der Waals surface area contributed by atoms with Gasteiger partial charge in [0.2, 0.25) is 0 Å². The fraction of sp³-hybridized carbons (Fsp3) is 0.346. The van der Waals surface area contributed by atoms with Crippen molar-refractivity contribution in [1.29, 1.82) is 0 Å². The highest BCUT2D eigenvalue weighted by atomic mass is 16.5. The number of carboxylic acids is 1. The smallest absolute Gasteiger partial charge is 0.337 e. The first kappa shape index (κ1) is 20.5. The first-order valence-electron chi connectivity index (χ1n) is 11.1. The zero-order valence-corrected chi connectivity index (χ0v) is 18.4. The Kier molecular flexibility index (Phi) is 5.08. The second-order valence-corrected chi connectivity index (χ2v) is 8.74. The fourth-order valence-electron chi connectivity index (χ4n) is 5.46. The van der Waals surface area contributed by atoms with Gasteiger partial charge in [-0.25, -0.2) is 9.59 Å². The van der Waals surface area contributed by atoms with E-state index < -0.39 is 11.9 Å². The average molecular weight is 431 g/mol. The number of carbonyl (C=O) groups excluding carboxylic acids is 1. The van der Waals surface area contributed by atoms with Crippen LogP contribution in [0.1, 0.15) is 66.4 Å². The lowest BCUT2D eigenvalue weighted by molar-refractivity contribution is -0.132. The number of hydrogen-bond acceptors (Lipinski definition) is 4. The van der Waals surface area contributed by atoms with Crippen LogP contribution in [0.25, 0.3) is 27.7 Å². The molecule has 3 aromatic rings. The summed E-state index contributed by atoms with van der Waals surface area (Å²) in [6.07, 6.45) is 9.41. The van der Waals surface area contributed by atoms with Crippen molar-refractivity contribution in [1.82, 2.24) is 9.55 Å². The Morgan fingerprint density at radius 2 is 1.91 bits per heavy atom. The Bertz CT molecular complexity index is 1280. The Morgan fingerprint density at radius 3 is 2.62 bits per heavy atom. The van der Waals surface area contributed by atoms with Crippen molar-refractivity contribution in [3.8, 4) is 11.3 Å². The highest BCUT2D eigenvalue weighted by molar-refractivity contribution is 6.03. The van der Waals surface area contributed by atoms with E-state index in [1.54, 1.807) is 6.20 Å². The molecule has 0 saturated heterocycles. The van der Waals surface area contributed by atoms with Crippen LogP contribution in [0.4, 0.5) is 0 Å². The maximum Gasteiger partial charge on any atom is 0.337 e. The molecule has 3 heterocycles. The summed E-state index contributed by atoms with van der Waals surface area (Å²) in [5, 5.41) is 11.1. The molecule has 2 aliphatic rings. The first-order chi connectivity index (χ1) is 15.5. The second kappa shape index (κ2) is 7.93. The maximum absolute atomic E-state index is 12.3. The zero-order chi connectivity index (χ0) is 22.4. The molecule has 1 fully saturated rings. The van der Waals surface area contributed by atoms with Crippen molar-refractivity contribution in [3.63, 3.8) is 0 Å². The van der Waals surface area contributed by atoms with Crippen molar-refractivity contribution >= 4 is 28.4 Å². The summed E-state index contributed by atoms with van der Waals surface area (Å²) >= 11 is 0. The van der Waals surface area contributed by atoms with E-state index in [2.05, 4.69) is 9.55 Å². The van der Waals surface area contributed by atoms with Crippen LogP contribution in [0.15, 0.2) is 42.2 Å². The van der Waals surface area contributed by atoms with Crippen LogP contribution in [0, 0.1) is 0 Å². The molecule has 1 saturated carbocycles. The van der Waals surface area contributed by atoms with Crippen LogP contribution < -0.4 is 0 Å². The summed E-state index contributed by atoms with van der Waals surface area (Å²) in [4.78, 5) is 28.9. The van der Waals surface area contributed by atoms with Gasteiger partial charge in [-0.1, -0.05) is 25.3 Å². The van der Waals surface area contributed by atoms with Gasteiger partial charge in [0.25, 0.3) is 0 Å². The molecule has 0 amide bonds.